The van der Waals surface area contributed by atoms with Crippen LogP contribution < -0.4 is 5.73 Å². The van der Waals surface area contributed by atoms with Crippen LogP contribution >= 0.6 is 0 Å². The molecule has 3 nitrogen and oxygen atoms in total. The molecule has 0 fully saturated rings. The molecule has 0 unspecified atom stereocenters. The van der Waals surface area contributed by atoms with Crippen LogP contribution in [0.15, 0.2) is 12.3 Å². The van der Waals surface area contributed by atoms with Crippen molar-refractivity contribution in [3.8, 4) is 0 Å². The van der Waals surface area contributed by atoms with Crippen LogP contribution in [0, 0.1) is 5.41 Å². The van der Waals surface area contributed by atoms with E-state index in [0.717, 1.165) is 30.8 Å². The van der Waals surface area contributed by atoms with Crippen molar-refractivity contribution in [3.63, 3.8) is 0 Å². The van der Waals surface area contributed by atoms with E-state index in [1.807, 2.05) is 12.3 Å². The smallest absolute Gasteiger partial charge is 0.129 e. The first-order chi connectivity index (χ1) is 7.07. The quantitative estimate of drug-likeness (QED) is 0.803. The molecule has 1 rings (SSSR count). The van der Waals surface area contributed by atoms with Crippen LogP contribution in [0.2, 0.25) is 0 Å². The second-order valence-electron chi connectivity index (χ2n) is 4.76. The summed E-state index contributed by atoms with van der Waals surface area (Å²) in [5.41, 5.74) is 6.92. The maximum Gasteiger partial charge on any atom is 0.129 e. The molecule has 3 heteroatoms. The molecular formula is C12H21N3. The van der Waals surface area contributed by atoms with Gasteiger partial charge in [0.05, 0.1) is 0 Å². The Hall–Kier alpha value is -0.960. The average molecular weight is 207 g/mol. The van der Waals surface area contributed by atoms with Crippen molar-refractivity contribution in [3.05, 3.63) is 23.8 Å². The molecule has 0 aliphatic rings. The van der Waals surface area contributed by atoms with Crippen LogP contribution in [-0.4, -0.2) is 16.5 Å². The maximum atomic E-state index is 5.70. The summed E-state index contributed by atoms with van der Waals surface area (Å²) in [7, 11) is 0. The van der Waals surface area contributed by atoms with E-state index in [1.165, 1.54) is 0 Å². The summed E-state index contributed by atoms with van der Waals surface area (Å²) in [4.78, 5) is 8.82. The van der Waals surface area contributed by atoms with Crippen molar-refractivity contribution in [1.82, 2.24) is 9.97 Å². The van der Waals surface area contributed by atoms with E-state index in [0.29, 0.717) is 6.54 Å². The zero-order valence-corrected chi connectivity index (χ0v) is 9.95. The van der Waals surface area contributed by atoms with Gasteiger partial charge in [-0.2, -0.15) is 0 Å². The number of hydrogen-bond acceptors (Lipinski definition) is 3. The highest BCUT2D eigenvalue weighted by molar-refractivity contribution is 5.03. The zero-order chi connectivity index (χ0) is 11.3. The molecule has 84 valence electrons. The van der Waals surface area contributed by atoms with Crippen LogP contribution in [0.25, 0.3) is 0 Å². The predicted molar refractivity (Wildman–Crippen MR) is 62.6 cm³/mol. The molecule has 1 aromatic heterocycles. The van der Waals surface area contributed by atoms with Gasteiger partial charge in [-0.05, 0) is 24.4 Å². The summed E-state index contributed by atoms with van der Waals surface area (Å²) >= 11 is 0. The summed E-state index contributed by atoms with van der Waals surface area (Å²) in [6, 6.07) is 1.99. The van der Waals surface area contributed by atoms with Crippen LogP contribution in [0.4, 0.5) is 0 Å². The Balaban J connectivity index is 2.73. The fraction of sp³-hybridized carbons (Fsp3) is 0.667. The summed E-state index contributed by atoms with van der Waals surface area (Å²) in [5.74, 6) is 0.913. The molecule has 0 saturated carbocycles. The van der Waals surface area contributed by atoms with E-state index in [9.17, 15) is 0 Å². The molecule has 0 aromatic carbocycles. The van der Waals surface area contributed by atoms with Crippen LogP contribution in [0.1, 0.15) is 38.7 Å². The minimum absolute atomic E-state index is 0.0881. The highest BCUT2D eigenvalue weighted by Gasteiger charge is 2.17. The van der Waals surface area contributed by atoms with Gasteiger partial charge < -0.3 is 5.73 Å². The Morgan fingerprint density at radius 3 is 2.73 bits per heavy atom. The lowest BCUT2D eigenvalue weighted by atomic mass is 9.89. The van der Waals surface area contributed by atoms with Crippen molar-refractivity contribution in [2.24, 2.45) is 11.1 Å². The number of aromatic nitrogens is 2. The monoisotopic (exact) mass is 207 g/mol. The van der Waals surface area contributed by atoms with Gasteiger partial charge in [-0.3, -0.25) is 0 Å². The summed E-state index contributed by atoms with van der Waals surface area (Å²) < 4.78 is 0. The van der Waals surface area contributed by atoms with Gasteiger partial charge in [0.1, 0.15) is 5.82 Å². The fourth-order valence-electron chi connectivity index (χ4n) is 1.42. The van der Waals surface area contributed by atoms with Crippen molar-refractivity contribution >= 4 is 0 Å². The second-order valence-corrected chi connectivity index (χ2v) is 4.76. The normalized spacial score (nSPS) is 11.7. The molecule has 1 aromatic rings. The molecule has 0 amide bonds. The number of nitrogens with two attached hydrogens (primary N) is 1. The first-order valence-electron chi connectivity index (χ1n) is 5.58. The lowest BCUT2D eigenvalue weighted by Crippen LogP contribution is -2.26. The number of nitrogens with zero attached hydrogens (tertiary/aromatic N) is 2. The van der Waals surface area contributed by atoms with Crippen molar-refractivity contribution in [2.75, 3.05) is 6.54 Å². The minimum Gasteiger partial charge on any atom is -0.330 e. The van der Waals surface area contributed by atoms with E-state index in [1.54, 1.807) is 0 Å². The average Bonchev–Trinajstić information content (AvgIpc) is 2.18. The van der Waals surface area contributed by atoms with Gasteiger partial charge in [-0.1, -0.05) is 27.2 Å². The standard InChI is InChI=1S/C12H21N3/c1-4-5-10-6-7-14-11(15-10)8-12(2,3)9-13/h6-7H,4-5,8-9,13H2,1-3H3. The minimum atomic E-state index is 0.0881. The highest BCUT2D eigenvalue weighted by Crippen LogP contribution is 2.17. The van der Waals surface area contributed by atoms with Gasteiger partial charge in [-0.15, -0.1) is 0 Å². The van der Waals surface area contributed by atoms with Crippen LogP contribution in [-0.2, 0) is 12.8 Å². The third-order valence-electron chi connectivity index (χ3n) is 2.46. The van der Waals surface area contributed by atoms with E-state index in [2.05, 4.69) is 30.7 Å². The van der Waals surface area contributed by atoms with E-state index in [-0.39, 0.29) is 5.41 Å². The molecular weight excluding hydrogens is 186 g/mol. The van der Waals surface area contributed by atoms with Crippen molar-refractivity contribution in [1.29, 1.82) is 0 Å². The topological polar surface area (TPSA) is 51.8 Å². The van der Waals surface area contributed by atoms with Gasteiger partial charge in [0.15, 0.2) is 0 Å². The Bertz CT molecular complexity index is 307. The molecule has 0 bridgehead atoms. The summed E-state index contributed by atoms with van der Waals surface area (Å²) in [6.07, 6.45) is 4.84. The van der Waals surface area contributed by atoms with Gasteiger partial charge >= 0.3 is 0 Å². The Labute approximate surface area is 92.1 Å². The SMILES string of the molecule is CCCc1ccnc(CC(C)(C)CN)n1. The molecule has 15 heavy (non-hydrogen) atoms. The van der Waals surface area contributed by atoms with Gasteiger partial charge in [0.25, 0.3) is 0 Å². The lowest BCUT2D eigenvalue weighted by molar-refractivity contribution is 0.367. The summed E-state index contributed by atoms with van der Waals surface area (Å²) in [6.45, 7) is 7.10. The third kappa shape index (κ3) is 3.96. The molecule has 0 aliphatic heterocycles. The first kappa shape index (κ1) is 12.1. The van der Waals surface area contributed by atoms with Gasteiger partial charge in [0, 0.05) is 18.3 Å². The third-order valence-corrected chi connectivity index (χ3v) is 2.46. The molecule has 0 saturated heterocycles. The lowest BCUT2D eigenvalue weighted by Gasteiger charge is -2.21. The molecule has 0 aliphatic carbocycles. The second kappa shape index (κ2) is 5.21. The first-order valence-corrected chi connectivity index (χ1v) is 5.58. The van der Waals surface area contributed by atoms with Crippen molar-refractivity contribution in [2.45, 2.75) is 40.0 Å². The predicted octanol–water partition coefficient (Wildman–Crippen LogP) is 1.96. The highest BCUT2D eigenvalue weighted by atomic mass is 14.9. The fourth-order valence-corrected chi connectivity index (χ4v) is 1.42. The van der Waals surface area contributed by atoms with Gasteiger partial charge in [-0.25, -0.2) is 9.97 Å². The molecule has 0 atom stereocenters. The molecule has 2 N–H and O–H groups in total. The van der Waals surface area contributed by atoms with Crippen LogP contribution in [0.3, 0.4) is 0 Å². The molecule has 0 radical (unpaired) electrons. The van der Waals surface area contributed by atoms with Gasteiger partial charge in [0.2, 0.25) is 0 Å². The Morgan fingerprint density at radius 1 is 1.40 bits per heavy atom. The zero-order valence-electron chi connectivity index (χ0n) is 9.95. The van der Waals surface area contributed by atoms with E-state index < -0.39 is 0 Å². The summed E-state index contributed by atoms with van der Waals surface area (Å²) in [5, 5.41) is 0. The maximum absolute atomic E-state index is 5.70. The van der Waals surface area contributed by atoms with E-state index >= 15 is 0 Å². The van der Waals surface area contributed by atoms with E-state index in [4.69, 9.17) is 5.73 Å². The number of rotatable bonds is 5. The Morgan fingerprint density at radius 2 is 2.13 bits per heavy atom. The van der Waals surface area contributed by atoms with Crippen molar-refractivity contribution < 1.29 is 0 Å². The molecule has 0 spiro atoms. The number of aryl methyl sites for hydroxylation is 1. The Kier molecular flexibility index (Phi) is 4.21. The largest absolute Gasteiger partial charge is 0.330 e. The van der Waals surface area contributed by atoms with Crippen LogP contribution in [0.5, 0.6) is 0 Å². The number of hydrogen-bond donors (Lipinski definition) is 1. The molecule has 1 heterocycles.